The quantitative estimate of drug-likeness (QED) is 0.315. The number of carbonyl (C=O) groups is 2. The monoisotopic (exact) mass is 441 g/mol. The van der Waals surface area contributed by atoms with E-state index in [9.17, 15) is 14.7 Å². The molecule has 2 aromatic carbocycles. The van der Waals surface area contributed by atoms with E-state index in [2.05, 4.69) is 0 Å². The summed E-state index contributed by atoms with van der Waals surface area (Å²) < 4.78 is 5.76. The van der Waals surface area contributed by atoms with Crippen molar-refractivity contribution in [3.63, 3.8) is 0 Å². The summed E-state index contributed by atoms with van der Waals surface area (Å²) in [6, 6.07) is 14.2. The minimum atomic E-state index is -0.921. The maximum absolute atomic E-state index is 13.0. The molecular weight excluding hydrogens is 425 g/mol. The number of aliphatic hydroxyl groups is 1. The van der Waals surface area contributed by atoms with Gasteiger partial charge >= 0.3 is 0 Å². The number of benzene rings is 2. The van der Waals surface area contributed by atoms with E-state index < -0.39 is 17.7 Å². The number of aliphatic hydroxyl groups excluding tert-OH is 1. The number of nitrogens with zero attached hydrogens (tertiary/aromatic N) is 1. The zero-order valence-electron chi connectivity index (χ0n) is 16.1. The fraction of sp³-hybridized carbons (Fsp3) is 0.130. The molecule has 4 rings (SSSR count). The highest BCUT2D eigenvalue weighted by Crippen LogP contribution is 2.43. The van der Waals surface area contributed by atoms with Crippen LogP contribution in [-0.4, -0.2) is 16.8 Å². The number of anilines is 1. The smallest absolute Gasteiger partial charge is 0.300 e. The van der Waals surface area contributed by atoms with Crippen molar-refractivity contribution in [2.24, 2.45) is 0 Å². The summed E-state index contributed by atoms with van der Waals surface area (Å²) in [6.07, 6.45) is 0. The van der Waals surface area contributed by atoms with Gasteiger partial charge < -0.3 is 9.52 Å². The topological polar surface area (TPSA) is 70.8 Å². The molecule has 30 heavy (non-hydrogen) atoms. The lowest BCUT2D eigenvalue weighted by Gasteiger charge is -2.23. The van der Waals surface area contributed by atoms with Crippen LogP contribution in [0.3, 0.4) is 0 Å². The van der Waals surface area contributed by atoms with Gasteiger partial charge in [0.1, 0.15) is 23.3 Å². The molecule has 3 aromatic rings. The molecule has 1 aliphatic rings. The predicted molar refractivity (Wildman–Crippen MR) is 116 cm³/mol. The predicted octanol–water partition coefficient (Wildman–Crippen LogP) is 5.83. The van der Waals surface area contributed by atoms with Crippen LogP contribution in [0.25, 0.3) is 5.76 Å². The van der Waals surface area contributed by atoms with Crippen LogP contribution in [-0.2, 0) is 9.59 Å². The average Bonchev–Trinajstić information content (AvgIpc) is 3.26. The molecule has 1 aliphatic heterocycles. The van der Waals surface area contributed by atoms with Crippen molar-refractivity contribution in [3.8, 4) is 0 Å². The lowest BCUT2D eigenvalue weighted by molar-refractivity contribution is -0.132. The fourth-order valence-electron chi connectivity index (χ4n) is 3.47. The van der Waals surface area contributed by atoms with E-state index in [0.29, 0.717) is 22.2 Å². The summed E-state index contributed by atoms with van der Waals surface area (Å²) in [5.41, 5.74) is 1.74. The zero-order valence-corrected chi connectivity index (χ0v) is 17.7. The molecule has 0 radical (unpaired) electrons. The Morgan fingerprint density at radius 2 is 1.67 bits per heavy atom. The van der Waals surface area contributed by atoms with Gasteiger partial charge in [0, 0.05) is 11.3 Å². The van der Waals surface area contributed by atoms with E-state index in [0.717, 1.165) is 5.56 Å². The summed E-state index contributed by atoms with van der Waals surface area (Å²) in [4.78, 5) is 27.3. The first-order valence-electron chi connectivity index (χ1n) is 9.17. The third-order valence-electron chi connectivity index (χ3n) is 4.98. The highest BCUT2D eigenvalue weighted by atomic mass is 35.5. The number of amides is 1. The van der Waals surface area contributed by atoms with Gasteiger partial charge in [0.05, 0.1) is 15.6 Å². The Morgan fingerprint density at radius 1 is 0.967 bits per heavy atom. The second-order valence-corrected chi connectivity index (χ2v) is 7.90. The Kier molecular flexibility index (Phi) is 5.18. The van der Waals surface area contributed by atoms with Crippen molar-refractivity contribution in [1.82, 2.24) is 0 Å². The molecule has 1 fully saturated rings. The molecule has 1 N–H and O–H groups in total. The van der Waals surface area contributed by atoms with Crippen molar-refractivity contribution in [2.45, 2.75) is 19.9 Å². The molecule has 1 atom stereocenters. The van der Waals surface area contributed by atoms with Crippen LogP contribution in [0, 0.1) is 13.8 Å². The minimum Gasteiger partial charge on any atom is -0.507 e. The third-order valence-corrected chi connectivity index (χ3v) is 5.72. The fourth-order valence-corrected chi connectivity index (χ4v) is 3.77. The number of Topliss-reactive ketones (excluding diaryl/α,β-unsaturated/α-hetero) is 1. The van der Waals surface area contributed by atoms with Crippen molar-refractivity contribution in [2.75, 3.05) is 4.90 Å². The number of halogens is 2. The first kappa shape index (κ1) is 20.3. The first-order valence-corrected chi connectivity index (χ1v) is 9.93. The maximum atomic E-state index is 13.0. The number of rotatable bonds is 3. The van der Waals surface area contributed by atoms with E-state index in [1.807, 2.05) is 19.1 Å². The van der Waals surface area contributed by atoms with E-state index >= 15 is 0 Å². The molecule has 5 nitrogen and oxygen atoms in total. The molecule has 0 bridgehead atoms. The lowest BCUT2D eigenvalue weighted by Crippen LogP contribution is -2.29. The lowest BCUT2D eigenvalue weighted by atomic mass is 9.99. The largest absolute Gasteiger partial charge is 0.507 e. The van der Waals surface area contributed by atoms with Gasteiger partial charge in [0.2, 0.25) is 0 Å². The molecule has 1 aromatic heterocycles. The Bertz CT molecular complexity index is 1190. The number of carbonyl (C=O) groups excluding carboxylic acids is 2. The summed E-state index contributed by atoms with van der Waals surface area (Å²) in [6.45, 7) is 3.69. The highest BCUT2D eigenvalue weighted by molar-refractivity contribution is 6.51. The Hall–Kier alpha value is -3.02. The molecule has 152 valence electrons. The van der Waals surface area contributed by atoms with Gasteiger partial charge in [-0.1, -0.05) is 40.9 Å². The third kappa shape index (κ3) is 3.40. The average molecular weight is 442 g/mol. The van der Waals surface area contributed by atoms with Crippen LogP contribution in [0.5, 0.6) is 0 Å². The van der Waals surface area contributed by atoms with E-state index in [-0.39, 0.29) is 21.9 Å². The molecule has 0 saturated carbocycles. The molecule has 0 aliphatic carbocycles. The zero-order chi connectivity index (χ0) is 21.6. The van der Waals surface area contributed by atoms with Gasteiger partial charge in [-0.3, -0.25) is 14.5 Å². The second-order valence-electron chi connectivity index (χ2n) is 7.08. The van der Waals surface area contributed by atoms with Crippen molar-refractivity contribution in [1.29, 1.82) is 0 Å². The van der Waals surface area contributed by atoms with Crippen LogP contribution in [0.1, 0.15) is 28.7 Å². The van der Waals surface area contributed by atoms with Gasteiger partial charge in [0.25, 0.3) is 11.7 Å². The number of aryl methyl sites for hydroxylation is 2. The van der Waals surface area contributed by atoms with Crippen LogP contribution < -0.4 is 4.90 Å². The van der Waals surface area contributed by atoms with E-state index in [4.69, 9.17) is 27.6 Å². The van der Waals surface area contributed by atoms with E-state index in [1.54, 1.807) is 31.2 Å². The highest BCUT2D eigenvalue weighted by Gasteiger charge is 2.48. The van der Waals surface area contributed by atoms with Crippen molar-refractivity contribution >= 4 is 46.3 Å². The number of furan rings is 1. The molecule has 0 spiro atoms. The van der Waals surface area contributed by atoms with Crippen LogP contribution in [0.4, 0.5) is 5.69 Å². The molecule has 2 heterocycles. The number of hydrogen-bond donors (Lipinski definition) is 1. The van der Waals surface area contributed by atoms with E-state index in [1.165, 1.54) is 23.1 Å². The Morgan fingerprint density at radius 3 is 2.27 bits per heavy atom. The number of hydrogen-bond acceptors (Lipinski definition) is 4. The molecule has 1 saturated heterocycles. The SMILES string of the molecule is Cc1ccc(N2C(=O)C(=O)/C(=C(\O)c3ccc(Cl)c(Cl)c3)C2c2ccc(C)o2)cc1. The van der Waals surface area contributed by atoms with Crippen molar-refractivity contribution in [3.05, 3.63) is 92.9 Å². The van der Waals surface area contributed by atoms with Gasteiger partial charge in [-0.2, -0.15) is 0 Å². The summed E-state index contributed by atoms with van der Waals surface area (Å²) in [5, 5.41) is 11.5. The van der Waals surface area contributed by atoms with Gasteiger partial charge in [-0.15, -0.1) is 0 Å². The van der Waals surface area contributed by atoms with Gasteiger partial charge in [0.15, 0.2) is 0 Å². The Labute approximate surface area is 183 Å². The van der Waals surface area contributed by atoms with Gasteiger partial charge in [-0.05, 0) is 56.3 Å². The van der Waals surface area contributed by atoms with Crippen LogP contribution in [0.15, 0.2) is 64.6 Å². The summed E-state index contributed by atoms with van der Waals surface area (Å²) >= 11 is 12.0. The minimum absolute atomic E-state index is 0.0756. The Balaban J connectivity index is 1.94. The van der Waals surface area contributed by atoms with Crippen LogP contribution in [0.2, 0.25) is 10.0 Å². The second kappa shape index (κ2) is 7.67. The molecular formula is C23H17Cl2NO4. The first-order chi connectivity index (χ1) is 14.3. The maximum Gasteiger partial charge on any atom is 0.300 e. The molecule has 7 heteroatoms. The molecule has 1 unspecified atom stereocenters. The normalized spacial score (nSPS) is 18.3. The van der Waals surface area contributed by atoms with Crippen molar-refractivity contribution < 1.29 is 19.1 Å². The molecule has 1 amide bonds. The standard InChI is InChI=1S/C23H17Cl2NO4/c1-12-3-7-15(8-4-12)26-20(18-10-5-13(2)30-18)19(22(28)23(26)29)21(27)14-6-9-16(24)17(25)11-14/h3-11,20,27H,1-2H3/b21-19-. The summed E-state index contributed by atoms with van der Waals surface area (Å²) in [5.74, 6) is -0.916. The van der Waals surface area contributed by atoms with Gasteiger partial charge in [-0.25, -0.2) is 0 Å². The summed E-state index contributed by atoms with van der Waals surface area (Å²) in [7, 11) is 0. The number of ketones is 1. The van der Waals surface area contributed by atoms with Crippen LogP contribution >= 0.6 is 23.2 Å².